The van der Waals surface area contributed by atoms with Gasteiger partial charge in [0.2, 0.25) is 11.8 Å². The van der Waals surface area contributed by atoms with E-state index in [2.05, 4.69) is 0 Å². The molecule has 21 heavy (non-hydrogen) atoms. The largest absolute Gasteiger partial charge is 0.508 e. The molecule has 1 aliphatic rings. The van der Waals surface area contributed by atoms with Crippen LogP contribution in [-0.4, -0.2) is 53.7 Å². The van der Waals surface area contributed by atoms with Gasteiger partial charge in [-0.1, -0.05) is 12.1 Å². The molecule has 2 amide bonds. The number of morpholine rings is 1. The smallest absolute Gasteiger partial charge is 0.242 e. The lowest BCUT2D eigenvalue weighted by Gasteiger charge is -2.35. The third kappa shape index (κ3) is 3.71. The van der Waals surface area contributed by atoms with Crippen LogP contribution in [-0.2, 0) is 20.7 Å². The quantitative estimate of drug-likeness (QED) is 0.656. The standard InChI is InChI=1S/C14H19N3O4/c15-11(7-9-1-3-10(18)4-2-9)14(20)17-5-6-21-8-12(17)13(16)19/h1-4,11-12,18H,5-8,15H2,(H2,16,19). The summed E-state index contributed by atoms with van der Waals surface area (Å²) in [6.07, 6.45) is 0.321. The maximum atomic E-state index is 12.4. The molecule has 2 atom stereocenters. The Bertz CT molecular complexity index is 517. The summed E-state index contributed by atoms with van der Waals surface area (Å²) in [5, 5.41) is 9.23. The first-order valence-corrected chi connectivity index (χ1v) is 6.70. The van der Waals surface area contributed by atoms with Gasteiger partial charge in [-0.15, -0.1) is 0 Å². The fourth-order valence-corrected chi connectivity index (χ4v) is 2.29. The highest BCUT2D eigenvalue weighted by Gasteiger charge is 2.33. The highest BCUT2D eigenvalue weighted by molar-refractivity contribution is 5.89. The van der Waals surface area contributed by atoms with E-state index in [-0.39, 0.29) is 18.3 Å². The Balaban J connectivity index is 2.03. The molecule has 0 spiro atoms. The van der Waals surface area contributed by atoms with Crippen molar-refractivity contribution in [1.82, 2.24) is 4.90 Å². The van der Waals surface area contributed by atoms with Crippen LogP contribution in [0.15, 0.2) is 24.3 Å². The molecule has 7 heteroatoms. The fraction of sp³-hybridized carbons (Fsp3) is 0.429. The van der Waals surface area contributed by atoms with Crippen molar-refractivity contribution in [2.45, 2.75) is 18.5 Å². The SMILES string of the molecule is NC(=O)C1COCCN1C(=O)C(N)Cc1ccc(O)cc1. The minimum absolute atomic E-state index is 0.104. The normalized spacial score (nSPS) is 20.0. The van der Waals surface area contributed by atoms with Gasteiger partial charge < -0.3 is 26.2 Å². The molecule has 0 saturated carbocycles. The number of phenolic OH excluding ortho intramolecular Hbond substituents is 1. The number of carbonyl (C=O) groups excluding carboxylic acids is 2. The van der Waals surface area contributed by atoms with E-state index in [0.29, 0.717) is 19.6 Å². The minimum atomic E-state index is -0.769. The van der Waals surface area contributed by atoms with Crippen LogP contribution in [0.5, 0.6) is 5.75 Å². The molecule has 0 aliphatic carbocycles. The highest BCUT2D eigenvalue weighted by Crippen LogP contribution is 2.13. The van der Waals surface area contributed by atoms with E-state index in [1.54, 1.807) is 12.1 Å². The second-order valence-electron chi connectivity index (χ2n) is 5.00. The average molecular weight is 293 g/mol. The van der Waals surface area contributed by atoms with Crippen molar-refractivity contribution in [2.75, 3.05) is 19.8 Å². The summed E-state index contributed by atoms with van der Waals surface area (Å²) in [5.41, 5.74) is 12.0. The van der Waals surface area contributed by atoms with Gasteiger partial charge in [0.15, 0.2) is 0 Å². The topological polar surface area (TPSA) is 119 Å². The molecule has 1 aromatic carbocycles. The van der Waals surface area contributed by atoms with Gasteiger partial charge in [0.25, 0.3) is 0 Å². The van der Waals surface area contributed by atoms with E-state index >= 15 is 0 Å². The lowest BCUT2D eigenvalue weighted by Crippen LogP contribution is -2.58. The molecule has 2 unspecified atom stereocenters. The van der Waals surface area contributed by atoms with Gasteiger partial charge in [-0.2, -0.15) is 0 Å². The van der Waals surface area contributed by atoms with Gasteiger partial charge in [-0.3, -0.25) is 9.59 Å². The Kier molecular flexibility index (Phi) is 4.77. The Morgan fingerprint density at radius 3 is 2.67 bits per heavy atom. The van der Waals surface area contributed by atoms with Gasteiger partial charge in [0, 0.05) is 6.54 Å². The van der Waals surface area contributed by atoms with E-state index in [0.717, 1.165) is 5.56 Å². The lowest BCUT2D eigenvalue weighted by atomic mass is 10.0. The first-order valence-electron chi connectivity index (χ1n) is 6.70. The number of phenols is 1. The Morgan fingerprint density at radius 1 is 1.38 bits per heavy atom. The molecule has 1 aromatic rings. The number of carbonyl (C=O) groups is 2. The fourth-order valence-electron chi connectivity index (χ4n) is 2.29. The number of rotatable bonds is 4. The number of benzene rings is 1. The predicted molar refractivity (Wildman–Crippen MR) is 75.3 cm³/mol. The Hall–Kier alpha value is -2.12. The Labute approximate surface area is 122 Å². The van der Waals surface area contributed by atoms with E-state index in [4.69, 9.17) is 16.2 Å². The summed E-state index contributed by atoms with van der Waals surface area (Å²) in [6.45, 7) is 0.768. The van der Waals surface area contributed by atoms with Gasteiger partial charge in [-0.05, 0) is 24.1 Å². The van der Waals surface area contributed by atoms with Crippen LogP contribution in [0.1, 0.15) is 5.56 Å². The summed E-state index contributed by atoms with van der Waals surface area (Å²) < 4.78 is 5.17. The first-order chi connectivity index (χ1) is 9.99. The predicted octanol–water partition coefficient (Wildman–Crippen LogP) is -1.03. The molecular formula is C14H19N3O4. The minimum Gasteiger partial charge on any atom is -0.508 e. The average Bonchev–Trinajstić information content (AvgIpc) is 2.48. The Morgan fingerprint density at radius 2 is 2.05 bits per heavy atom. The second kappa shape index (κ2) is 6.55. The number of hydrogen-bond acceptors (Lipinski definition) is 5. The summed E-state index contributed by atoms with van der Waals surface area (Å²) in [6, 6.07) is 4.94. The van der Waals surface area contributed by atoms with Crippen LogP contribution in [0.2, 0.25) is 0 Å². The van der Waals surface area contributed by atoms with Crippen LogP contribution in [0.3, 0.4) is 0 Å². The maximum Gasteiger partial charge on any atom is 0.242 e. The number of hydrogen-bond donors (Lipinski definition) is 3. The number of ether oxygens (including phenoxy) is 1. The second-order valence-corrected chi connectivity index (χ2v) is 5.00. The molecule has 2 rings (SSSR count). The van der Waals surface area contributed by atoms with Crippen LogP contribution < -0.4 is 11.5 Å². The van der Waals surface area contributed by atoms with Gasteiger partial charge >= 0.3 is 0 Å². The number of amides is 2. The van der Waals surface area contributed by atoms with Crippen molar-refractivity contribution in [2.24, 2.45) is 11.5 Å². The molecular weight excluding hydrogens is 274 g/mol. The van der Waals surface area contributed by atoms with Crippen LogP contribution in [0.4, 0.5) is 0 Å². The zero-order valence-corrected chi connectivity index (χ0v) is 11.6. The van der Waals surface area contributed by atoms with Crippen LogP contribution in [0.25, 0.3) is 0 Å². The van der Waals surface area contributed by atoms with Gasteiger partial charge in [0.05, 0.1) is 19.3 Å². The lowest BCUT2D eigenvalue weighted by molar-refractivity contribution is -0.148. The molecule has 1 aliphatic heterocycles. The molecule has 5 N–H and O–H groups in total. The van der Waals surface area contributed by atoms with Crippen molar-refractivity contribution in [3.8, 4) is 5.75 Å². The molecule has 7 nitrogen and oxygen atoms in total. The first kappa shape index (κ1) is 15.3. The van der Waals surface area contributed by atoms with E-state index in [9.17, 15) is 14.7 Å². The van der Waals surface area contributed by atoms with E-state index in [1.165, 1.54) is 17.0 Å². The van der Waals surface area contributed by atoms with Gasteiger partial charge in [-0.25, -0.2) is 0 Å². The summed E-state index contributed by atoms with van der Waals surface area (Å²) in [7, 11) is 0. The van der Waals surface area contributed by atoms with Crippen molar-refractivity contribution in [1.29, 1.82) is 0 Å². The van der Waals surface area contributed by atoms with Crippen molar-refractivity contribution in [3.63, 3.8) is 0 Å². The highest BCUT2D eigenvalue weighted by atomic mass is 16.5. The molecule has 1 saturated heterocycles. The summed E-state index contributed by atoms with van der Waals surface area (Å²) in [4.78, 5) is 25.1. The third-order valence-corrected chi connectivity index (χ3v) is 3.45. The molecule has 114 valence electrons. The molecule has 0 bridgehead atoms. The third-order valence-electron chi connectivity index (χ3n) is 3.45. The summed E-state index contributed by atoms with van der Waals surface area (Å²) in [5.74, 6) is -0.768. The number of aromatic hydroxyl groups is 1. The molecule has 1 fully saturated rings. The maximum absolute atomic E-state index is 12.4. The van der Waals surface area contributed by atoms with Crippen LogP contribution in [0, 0.1) is 0 Å². The monoisotopic (exact) mass is 293 g/mol. The van der Waals surface area contributed by atoms with Gasteiger partial charge in [0.1, 0.15) is 11.8 Å². The zero-order valence-electron chi connectivity index (χ0n) is 11.6. The number of nitrogens with two attached hydrogens (primary N) is 2. The van der Waals surface area contributed by atoms with E-state index < -0.39 is 18.0 Å². The summed E-state index contributed by atoms with van der Waals surface area (Å²) >= 11 is 0. The van der Waals surface area contributed by atoms with Crippen molar-refractivity contribution < 1.29 is 19.4 Å². The zero-order chi connectivity index (χ0) is 15.4. The molecule has 1 heterocycles. The number of nitrogens with zero attached hydrogens (tertiary/aromatic N) is 1. The number of primary amides is 1. The van der Waals surface area contributed by atoms with Crippen LogP contribution >= 0.6 is 0 Å². The van der Waals surface area contributed by atoms with Crippen molar-refractivity contribution in [3.05, 3.63) is 29.8 Å². The molecule has 0 radical (unpaired) electrons. The molecule has 0 aromatic heterocycles. The van der Waals surface area contributed by atoms with Crippen molar-refractivity contribution >= 4 is 11.8 Å². The van der Waals surface area contributed by atoms with E-state index in [1.807, 2.05) is 0 Å².